The van der Waals surface area contributed by atoms with E-state index in [0.29, 0.717) is 31.1 Å². The topological polar surface area (TPSA) is 170 Å². The van der Waals surface area contributed by atoms with E-state index in [1.54, 1.807) is 17.9 Å². The number of piperidine rings is 1. The molecule has 1 unspecified atom stereocenters. The van der Waals surface area contributed by atoms with Crippen molar-refractivity contribution >= 4 is 44.5 Å². The van der Waals surface area contributed by atoms with E-state index in [4.69, 9.17) is 19.2 Å². The first-order valence-corrected chi connectivity index (χ1v) is 25.0. The minimum atomic E-state index is -3.96. The van der Waals surface area contributed by atoms with E-state index in [0.717, 1.165) is 112 Å². The molecule has 336 valence electrons. The summed E-state index contributed by atoms with van der Waals surface area (Å²) in [6.07, 6.45) is 13.6. The lowest BCUT2D eigenvalue weighted by Gasteiger charge is -2.34. The molecular weight excluding hydrogens is 809 g/mol. The van der Waals surface area contributed by atoms with Crippen LogP contribution in [0.2, 0.25) is 0 Å². The summed E-state index contributed by atoms with van der Waals surface area (Å²) < 4.78 is 47.7. The van der Waals surface area contributed by atoms with Gasteiger partial charge in [0.25, 0.3) is 0 Å². The van der Waals surface area contributed by atoms with Crippen molar-refractivity contribution < 1.29 is 41.8 Å². The summed E-state index contributed by atoms with van der Waals surface area (Å²) in [5.74, 6) is -1.23. The maximum Gasteiger partial charge on any atom is 0.306 e. The fourth-order valence-electron chi connectivity index (χ4n) is 10.9. The van der Waals surface area contributed by atoms with Gasteiger partial charge in [-0.15, -0.1) is 6.58 Å². The Morgan fingerprint density at radius 1 is 0.984 bits per heavy atom. The van der Waals surface area contributed by atoms with Crippen LogP contribution in [0.3, 0.4) is 0 Å². The van der Waals surface area contributed by atoms with Crippen LogP contribution >= 0.6 is 0 Å². The third-order valence-electron chi connectivity index (χ3n) is 15.4. The van der Waals surface area contributed by atoms with Crippen molar-refractivity contribution in [2.75, 3.05) is 19.6 Å². The zero-order valence-corrected chi connectivity index (χ0v) is 37.1. The lowest BCUT2D eigenvalue weighted by atomic mass is 9.77. The molecule has 13 nitrogen and oxygen atoms in total. The van der Waals surface area contributed by atoms with Crippen LogP contribution in [0.4, 0.5) is 0 Å². The molecule has 2 N–H and O–H groups in total. The first-order chi connectivity index (χ1) is 29.9. The van der Waals surface area contributed by atoms with Crippen LogP contribution in [-0.4, -0.2) is 90.6 Å². The number of carbonyl (C=O) groups excluding carboxylic acids is 4. The smallest absolute Gasteiger partial charge is 0.306 e. The highest BCUT2D eigenvalue weighted by Gasteiger charge is 2.62. The molecule has 7 aliphatic rings. The second-order valence-electron chi connectivity index (χ2n) is 19.9. The fourth-order valence-corrected chi connectivity index (χ4v) is 12.2. The van der Waals surface area contributed by atoms with Gasteiger partial charge in [-0.1, -0.05) is 50.3 Å². The van der Waals surface area contributed by atoms with Gasteiger partial charge in [0.05, 0.1) is 46.2 Å². The lowest BCUT2D eigenvalue weighted by molar-refractivity contribution is -0.153. The van der Waals surface area contributed by atoms with Gasteiger partial charge < -0.3 is 24.4 Å². The number of benzene rings is 1. The SMILES string of the molecule is C=C[C@@H]1CC1(CC(=O)[C@@H]1C[C@@H]2CN1C(=O)[C@H](C1CCCCC1)CC(=O)O[C@@H]1C[C@H]1CCCCCc1c(nc3ccccc3c1OC1CCNCC1)O2)C(=O)NS(=O)(=O)C1(C)CC1. The number of allylic oxidation sites excluding steroid dienone is 1. The highest BCUT2D eigenvalue weighted by molar-refractivity contribution is 7.91. The van der Waals surface area contributed by atoms with Gasteiger partial charge in [0.2, 0.25) is 27.7 Å². The molecule has 2 bridgehead atoms. The van der Waals surface area contributed by atoms with Crippen molar-refractivity contribution in [3.63, 3.8) is 0 Å². The van der Waals surface area contributed by atoms with E-state index in [1.165, 1.54) is 0 Å². The normalized spacial score (nSPS) is 31.9. The number of pyridine rings is 1. The van der Waals surface area contributed by atoms with Gasteiger partial charge in [-0.2, -0.15) is 0 Å². The standard InChI is InChI=1S/C48H64N4O9S/c1-3-32-27-48(32,46(56)51-62(57,58)47(2)20-21-47)28-40(53)39-25-34-29-52(39)45(55)37(30-12-6-4-7-13-30)26-42(54)61-41-24-31(41)14-8-5-9-16-36-43(59-33-18-22-49-23-19-33)35-15-10-11-17-38(35)50-44(36)60-34/h3,10-11,15,17,30-34,37,39,41,49H,1,4-9,12-14,16,18-29H2,2H3,(H,51,56)/t31-,32-,34-,37+,39+,41-,48?/m1/s1. The van der Waals surface area contributed by atoms with E-state index >= 15 is 4.79 Å². The number of aromatic nitrogens is 1. The van der Waals surface area contributed by atoms with Gasteiger partial charge in [0.1, 0.15) is 24.1 Å². The summed E-state index contributed by atoms with van der Waals surface area (Å²) in [4.78, 5) is 64.4. The molecule has 0 spiro atoms. The predicted octanol–water partition coefficient (Wildman–Crippen LogP) is 6.50. The quantitative estimate of drug-likeness (QED) is 0.198. The molecule has 62 heavy (non-hydrogen) atoms. The number of nitrogens with zero attached hydrogens (tertiary/aromatic N) is 2. The first kappa shape index (κ1) is 43.2. The van der Waals surface area contributed by atoms with Crippen molar-refractivity contribution in [2.24, 2.45) is 29.1 Å². The van der Waals surface area contributed by atoms with Crippen LogP contribution in [-0.2, 0) is 40.4 Å². The summed E-state index contributed by atoms with van der Waals surface area (Å²) in [7, 11) is -3.96. The minimum absolute atomic E-state index is 0.0282. The highest BCUT2D eigenvalue weighted by Crippen LogP contribution is 2.57. The maximum absolute atomic E-state index is 15.2. The Kier molecular flexibility index (Phi) is 12.2. The number of Topliss-reactive ketones (excluding diaryl/α,β-unsaturated/α-hetero) is 1. The Morgan fingerprint density at radius 2 is 1.71 bits per heavy atom. The van der Waals surface area contributed by atoms with Crippen LogP contribution in [0.5, 0.6) is 11.6 Å². The molecule has 4 heterocycles. The fraction of sp³-hybridized carbons (Fsp3) is 0.688. The molecule has 3 aliphatic heterocycles. The third kappa shape index (κ3) is 8.88. The second-order valence-corrected chi connectivity index (χ2v) is 22.0. The summed E-state index contributed by atoms with van der Waals surface area (Å²) >= 11 is 0. The van der Waals surface area contributed by atoms with Gasteiger partial charge in [-0.25, -0.2) is 13.4 Å². The molecule has 2 saturated heterocycles. The molecule has 2 aromatic rings. The van der Waals surface area contributed by atoms with E-state index in [2.05, 4.69) is 16.6 Å². The number of ketones is 1. The van der Waals surface area contributed by atoms with Gasteiger partial charge in [0.15, 0.2) is 5.78 Å². The van der Waals surface area contributed by atoms with E-state index in [-0.39, 0.29) is 68.0 Å². The van der Waals surface area contributed by atoms with E-state index in [9.17, 15) is 22.8 Å². The van der Waals surface area contributed by atoms with Crippen LogP contribution in [0, 0.1) is 29.1 Å². The van der Waals surface area contributed by atoms with Gasteiger partial charge >= 0.3 is 5.97 Å². The number of fused-ring (bicyclic) bond motifs is 5. The molecule has 0 radical (unpaired) electrons. The van der Waals surface area contributed by atoms with E-state index in [1.807, 2.05) is 24.3 Å². The summed E-state index contributed by atoms with van der Waals surface area (Å²) in [5, 5.41) is 4.36. The Labute approximate surface area is 365 Å². The Morgan fingerprint density at radius 3 is 2.44 bits per heavy atom. The molecule has 9 rings (SSSR count). The average Bonchev–Trinajstić information content (AvgIpc) is 4.23. The number of hydrogen-bond acceptors (Lipinski definition) is 11. The van der Waals surface area contributed by atoms with Crippen molar-refractivity contribution in [2.45, 2.75) is 158 Å². The molecule has 14 heteroatoms. The number of hydrogen-bond donors (Lipinski definition) is 2. The summed E-state index contributed by atoms with van der Waals surface area (Å²) in [5.41, 5.74) is 0.333. The molecule has 4 saturated carbocycles. The van der Waals surface area contributed by atoms with Gasteiger partial charge in [-0.3, -0.25) is 23.9 Å². The van der Waals surface area contributed by atoms with Crippen molar-refractivity contribution in [1.29, 1.82) is 0 Å². The van der Waals surface area contributed by atoms with Crippen LogP contribution < -0.4 is 19.5 Å². The number of esters is 1. The monoisotopic (exact) mass is 872 g/mol. The Hall–Kier alpha value is -4.04. The van der Waals surface area contributed by atoms with Crippen LogP contribution in [0.15, 0.2) is 36.9 Å². The average molecular weight is 873 g/mol. The molecule has 2 amide bonds. The summed E-state index contributed by atoms with van der Waals surface area (Å²) in [6.45, 7) is 7.36. The van der Waals surface area contributed by atoms with E-state index < -0.39 is 50.1 Å². The number of carbonyl (C=O) groups is 4. The lowest BCUT2D eigenvalue weighted by Crippen LogP contribution is -2.48. The molecule has 7 atom stereocenters. The number of para-hydroxylation sites is 1. The van der Waals surface area contributed by atoms with Crippen molar-refractivity contribution in [3.8, 4) is 11.6 Å². The zero-order chi connectivity index (χ0) is 43.2. The Bertz CT molecular complexity index is 2180. The number of nitrogens with one attached hydrogen (secondary N) is 2. The van der Waals surface area contributed by atoms with Gasteiger partial charge in [0, 0.05) is 18.2 Å². The predicted molar refractivity (Wildman–Crippen MR) is 233 cm³/mol. The maximum atomic E-state index is 15.2. The third-order valence-corrected chi connectivity index (χ3v) is 17.6. The van der Waals surface area contributed by atoms with Crippen LogP contribution in [0.25, 0.3) is 10.9 Å². The minimum Gasteiger partial charge on any atom is -0.489 e. The summed E-state index contributed by atoms with van der Waals surface area (Å²) in [6, 6.07) is 6.98. The zero-order valence-electron chi connectivity index (χ0n) is 36.2. The van der Waals surface area contributed by atoms with Crippen molar-refractivity contribution in [3.05, 3.63) is 42.5 Å². The largest absolute Gasteiger partial charge is 0.489 e. The second kappa shape index (κ2) is 17.5. The highest BCUT2D eigenvalue weighted by atomic mass is 32.2. The van der Waals surface area contributed by atoms with Crippen LogP contribution in [0.1, 0.15) is 128 Å². The number of rotatable bonds is 10. The molecule has 4 aliphatic carbocycles. The van der Waals surface area contributed by atoms with Gasteiger partial charge in [-0.05, 0) is 121 Å². The molecular formula is C48H64N4O9S. The molecule has 6 fully saturated rings. The number of sulfonamides is 1. The number of ether oxygens (including phenoxy) is 3. The first-order valence-electron chi connectivity index (χ1n) is 23.6. The van der Waals surface area contributed by atoms with Crippen molar-refractivity contribution in [1.82, 2.24) is 19.9 Å². The Balaban J connectivity index is 1.07. The molecule has 1 aromatic carbocycles. The molecule has 1 aromatic heterocycles. The number of amides is 2.